The van der Waals surface area contributed by atoms with Crippen molar-refractivity contribution in [2.45, 2.75) is 56.8 Å². The zero-order valence-electron chi connectivity index (χ0n) is 16.9. The van der Waals surface area contributed by atoms with Gasteiger partial charge in [-0.15, -0.1) is 0 Å². The second kappa shape index (κ2) is 7.59. The second-order valence-corrected chi connectivity index (χ2v) is 8.30. The third-order valence-corrected chi connectivity index (χ3v) is 6.07. The number of rotatable bonds is 5. The van der Waals surface area contributed by atoms with Gasteiger partial charge in [0, 0.05) is 12.8 Å². The summed E-state index contributed by atoms with van der Waals surface area (Å²) in [5.74, 6) is -1.50. The Morgan fingerprint density at radius 1 is 1.13 bits per heavy atom. The maximum Gasteiger partial charge on any atom is 0.416 e. The maximum absolute atomic E-state index is 13.1. The van der Waals surface area contributed by atoms with Crippen molar-refractivity contribution in [2.24, 2.45) is 0 Å². The van der Waals surface area contributed by atoms with Crippen molar-refractivity contribution in [1.82, 2.24) is 5.32 Å². The van der Waals surface area contributed by atoms with E-state index in [0.29, 0.717) is 11.3 Å². The van der Waals surface area contributed by atoms with E-state index in [-0.39, 0.29) is 30.1 Å². The van der Waals surface area contributed by atoms with E-state index in [0.717, 1.165) is 37.0 Å². The van der Waals surface area contributed by atoms with Gasteiger partial charge in [0.05, 0.1) is 17.2 Å². The van der Waals surface area contributed by atoms with Crippen molar-refractivity contribution < 1.29 is 32.6 Å². The minimum atomic E-state index is -4.53. The fourth-order valence-electron chi connectivity index (χ4n) is 4.07. The lowest BCUT2D eigenvalue weighted by Gasteiger charge is -2.29. The van der Waals surface area contributed by atoms with Gasteiger partial charge in [-0.2, -0.15) is 13.2 Å². The molecule has 0 bridgehead atoms. The third-order valence-electron chi connectivity index (χ3n) is 6.07. The number of carboxylic acids is 1. The molecule has 0 radical (unpaired) electrons. The number of halogens is 3. The van der Waals surface area contributed by atoms with Gasteiger partial charge in [0.25, 0.3) is 5.91 Å². The van der Waals surface area contributed by atoms with Crippen molar-refractivity contribution in [3.63, 3.8) is 0 Å². The fraction of sp³-hybridized carbons (Fsp3) is 0.391. The highest BCUT2D eigenvalue weighted by Gasteiger charge is 2.46. The smallest absolute Gasteiger partial charge is 0.416 e. The predicted octanol–water partition coefficient (Wildman–Crippen LogP) is 4.30. The summed E-state index contributed by atoms with van der Waals surface area (Å²) in [4.78, 5) is 25.3. The lowest BCUT2D eigenvalue weighted by atomic mass is 9.94. The Morgan fingerprint density at radius 3 is 2.45 bits per heavy atom. The molecule has 0 saturated heterocycles. The van der Waals surface area contributed by atoms with Crippen LogP contribution in [0.4, 0.5) is 13.2 Å². The molecule has 1 fully saturated rings. The molecular formula is C23H22F3NO4. The van der Waals surface area contributed by atoms with Gasteiger partial charge in [0.1, 0.15) is 11.3 Å². The predicted molar refractivity (Wildman–Crippen MR) is 106 cm³/mol. The Bertz CT molecular complexity index is 1050. The Kier molecular flexibility index (Phi) is 5.19. The summed E-state index contributed by atoms with van der Waals surface area (Å²) >= 11 is 0. The quantitative estimate of drug-likeness (QED) is 0.738. The number of fused-ring (bicyclic) bond motifs is 1. The van der Waals surface area contributed by atoms with Gasteiger partial charge >= 0.3 is 12.1 Å². The van der Waals surface area contributed by atoms with Gasteiger partial charge < -0.3 is 15.2 Å². The molecule has 0 spiro atoms. The summed E-state index contributed by atoms with van der Waals surface area (Å²) in [5.41, 5.74) is -0.832. The van der Waals surface area contributed by atoms with Gasteiger partial charge in [-0.25, -0.2) is 4.79 Å². The molecule has 1 amide bonds. The number of carbonyl (C=O) groups excluding carboxylic acids is 1. The molecule has 2 aliphatic rings. The summed E-state index contributed by atoms with van der Waals surface area (Å²) in [6.07, 6.45) is -1.97. The normalized spacial score (nSPS) is 20.6. The number of alkyl halides is 3. The summed E-state index contributed by atoms with van der Waals surface area (Å²) in [6, 6.07) is 8.24. The van der Waals surface area contributed by atoms with Crippen LogP contribution in [0.3, 0.4) is 0 Å². The molecule has 2 aromatic rings. The number of carbonyl (C=O) groups is 2. The largest absolute Gasteiger partial charge is 0.489 e. The van der Waals surface area contributed by atoms with Crippen LogP contribution >= 0.6 is 0 Å². The molecule has 4 rings (SSSR count). The van der Waals surface area contributed by atoms with E-state index in [9.17, 15) is 27.9 Å². The van der Waals surface area contributed by atoms with Crippen LogP contribution in [0.5, 0.6) is 5.75 Å². The molecule has 0 aromatic heterocycles. The van der Waals surface area contributed by atoms with Crippen LogP contribution in [-0.4, -0.2) is 28.6 Å². The molecule has 1 unspecified atom stereocenters. The summed E-state index contributed by atoms with van der Waals surface area (Å²) < 4.78 is 45.2. The first-order valence-corrected chi connectivity index (χ1v) is 10.1. The number of hydrogen-bond acceptors (Lipinski definition) is 3. The number of para-hydroxylation sites is 1. The molecular weight excluding hydrogens is 411 g/mol. The van der Waals surface area contributed by atoms with Gasteiger partial charge in [-0.05, 0) is 61.1 Å². The molecule has 2 aromatic carbocycles. The van der Waals surface area contributed by atoms with Crippen molar-refractivity contribution >= 4 is 11.9 Å². The first-order valence-electron chi connectivity index (χ1n) is 10.1. The minimum Gasteiger partial charge on any atom is -0.489 e. The third kappa shape index (κ3) is 3.98. The molecule has 5 nitrogen and oxygen atoms in total. The maximum atomic E-state index is 13.1. The van der Waals surface area contributed by atoms with Gasteiger partial charge in [0.15, 0.2) is 0 Å². The molecule has 164 valence electrons. The van der Waals surface area contributed by atoms with Gasteiger partial charge in [-0.3, -0.25) is 4.79 Å². The molecule has 1 atom stereocenters. The van der Waals surface area contributed by atoms with Crippen molar-refractivity contribution in [2.75, 3.05) is 0 Å². The van der Waals surface area contributed by atoms with Crippen LogP contribution in [0, 0.1) is 6.92 Å². The van der Waals surface area contributed by atoms with Crippen molar-refractivity contribution in [1.29, 1.82) is 0 Å². The van der Waals surface area contributed by atoms with Crippen molar-refractivity contribution in [3.05, 3.63) is 64.2 Å². The highest BCUT2D eigenvalue weighted by Crippen LogP contribution is 2.37. The van der Waals surface area contributed by atoms with E-state index in [2.05, 4.69) is 5.32 Å². The second-order valence-electron chi connectivity index (χ2n) is 8.30. The van der Waals surface area contributed by atoms with E-state index >= 15 is 0 Å². The van der Waals surface area contributed by atoms with Crippen LogP contribution in [0.2, 0.25) is 0 Å². The van der Waals surface area contributed by atoms with E-state index in [1.165, 1.54) is 6.07 Å². The van der Waals surface area contributed by atoms with E-state index in [1.54, 1.807) is 12.1 Å². The number of ether oxygens (including phenoxy) is 1. The van der Waals surface area contributed by atoms with Gasteiger partial charge in [-0.1, -0.05) is 18.2 Å². The molecule has 2 aliphatic carbocycles. The van der Waals surface area contributed by atoms with Crippen LogP contribution in [-0.2, 0) is 23.8 Å². The molecule has 2 N–H and O–H groups in total. The summed E-state index contributed by atoms with van der Waals surface area (Å²) in [6.45, 7) is 1.81. The molecule has 1 saturated carbocycles. The van der Waals surface area contributed by atoms with Crippen molar-refractivity contribution in [3.8, 4) is 5.75 Å². The molecule has 8 heteroatoms. The Balaban J connectivity index is 1.62. The minimum absolute atomic E-state index is 0.0256. The van der Waals surface area contributed by atoms with Crippen LogP contribution in [0.1, 0.15) is 51.9 Å². The standard InChI is InChI=1S/C23H22F3NO4/c1-13-4-2-7-18(19(13)31-17-5-3-6-17)20(28)27-22(21(29)30)11-14-8-9-16(23(24,25)26)10-15(14)12-22/h2,4,7-10,17H,3,5-6,11-12H2,1H3,(H,27,28)(H,29,30). The zero-order chi connectivity index (χ0) is 22.4. The average molecular weight is 433 g/mol. The zero-order valence-corrected chi connectivity index (χ0v) is 16.9. The SMILES string of the molecule is Cc1cccc(C(=O)NC2(C(=O)O)Cc3ccc(C(F)(F)F)cc3C2)c1OC1CCC1. The lowest BCUT2D eigenvalue weighted by molar-refractivity contribution is -0.144. The highest BCUT2D eigenvalue weighted by molar-refractivity contribution is 6.00. The van der Waals surface area contributed by atoms with E-state index < -0.39 is 29.2 Å². The monoisotopic (exact) mass is 433 g/mol. The summed E-state index contributed by atoms with van der Waals surface area (Å²) in [7, 11) is 0. The first kappa shape index (κ1) is 21.2. The average Bonchev–Trinajstić information content (AvgIpc) is 3.03. The van der Waals surface area contributed by atoms with Crippen LogP contribution in [0.25, 0.3) is 0 Å². The van der Waals surface area contributed by atoms with Crippen LogP contribution < -0.4 is 10.1 Å². The first-order chi connectivity index (χ1) is 14.6. The number of aliphatic carboxylic acids is 1. The lowest BCUT2D eigenvalue weighted by Crippen LogP contribution is -2.55. The number of carboxylic acid groups (broad SMARTS) is 1. The Labute approximate surface area is 177 Å². The van der Waals surface area contributed by atoms with E-state index in [4.69, 9.17) is 4.74 Å². The van der Waals surface area contributed by atoms with E-state index in [1.807, 2.05) is 13.0 Å². The number of amides is 1. The van der Waals surface area contributed by atoms with Gasteiger partial charge in [0.2, 0.25) is 0 Å². The Morgan fingerprint density at radius 2 is 1.84 bits per heavy atom. The number of hydrogen-bond donors (Lipinski definition) is 2. The molecule has 31 heavy (non-hydrogen) atoms. The molecule has 0 heterocycles. The fourth-order valence-corrected chi connectivity index (χ4v) is 4.07. The Hall–Kier alpha value is -3.03. The molecule has 0 aliphatic heterocycles. The number of nitrogens with one attached hydrogen (secondary N) is 1. The summed E-state index contributed by atoms with van der Waals surface area (Å²) in [5, 5.41) is 12.5. The topological polar surface area (TPSA) is 75.6 Å². The van der Waals surface area contributed by atoms with Crippen LogP contribution in [0.15, 0.2) is 36.4 Å². The number of aryl methyl sites for hydroxylation is 1. The number of benzene rings is 2. The highest BCUT2D eigenvalue weighted by atomic mass is 19.4.